The highest BCUT2D eigenvalue weighted by Crippen LogP contribution is 2.08. The van der Waals surface area contributed by atoms with Gasteiger partial charge in [0.25, 0.3) is 0 Å². The van der Waals surface area contributed by atoms with E-state index in [1.807, 2.05) is 24.3 Å². The zero-order chi connectivity index (χ0) is 12.7. The molecule has 2 nitrogen and oxygen atoms in total. The number of hydrogen-bond donors (Lipinski definition) is 1. The lowest BCUT2D eigenvalue weighted by Gasteiger charge is -2.15. The maximum Gasteiger partial charge on any atom is 0.0991 e. The van der Waals surface area contributed by atoms with Crippen LogP contribution in [-0.2, 0) is 6.54 Å². The highest BCUT2D eigenvalue weighted by Gasteiger charge is 2.03. The van der Waals surface area contributed by atoms with Crippen molar-refractivity contribution in [3.05, 3.63) is 35.4 Å². The largest absolute Gasteiger partial charge is 0.310 e. The van der Waals surface area contributed by atoms with Gasteiger partial charge < -0.3 is 5.32 Å². The van der Waals surface area contributed by atoms with Crippen LogP contribution in [0.1, 0.15) is 44.7 Å². The molecule has 0 aliphatic rings. The van der Waals surface area contributed by atoms with Crippen LogP contribution in [0.2, 0.25) is 0 Å². The lowest BCUT2D eigenvalue weighted by atomic mass is 10.0. The van der Waals surface area contributed by atoms with Gasteiger partial charge in [0.2, 0.25) is 0 Å². The topological polar surface area (TPSA) is 35.8 Å². The molecule has 1 aromatic carbocycles. The molecule has 1 unspecified atom stereocenters. The quantitative estimate of drug-likeness (QED) is 0.812. The van der Waals surface area contributed by atoms with E-state index in [2.05, 4.69) is 32.2 Å². The zero-order valence-corrected chi connectivity index (χ0v) is 11.0. The van der Waals surface area contributed by atoms with Gasteiger partial charge in [-0.25, -0.2) is 0 Å². The van der Waals surface area contributed by atoms with E-state index in [-0.39, 0.29) is 0 Å². The van der Waals surface area contributed by atoms with Gasteiger partial charge >= 0.3 is 0 Å². The molecule has 1 N–H and O–H groups in total. The molecule has 0 aromatic heterocycles. The van der Waals surface area contributed by atoms with Crippen LogP contribution in [0, 0.1) is 17.2 Å². The number of nitrogens with one attached hydrogen (secondary N) is 1. The van der Waals surface area contributed by atoms with E-state index >= 15 is 0 Å². The van der Waals surface area contributed by atoms with E-state index in [0.717, 1.165) is 18.0 Å². The van der Waals surface area contributed by atoms with Gasteiger partial charge in [-0.1, -0.05) is 26.0 Å². The smallest absolute Gasteiger partial charge is 0.0991 e. The molecule has 1 aromatic rings. The van der Waals surface area contributed by atoms with E-state index in [0.29, 0.717) is 6.04 Å². The Balaban J connectivity index is 2.32. The molecule has 0 aliphatic carbocycles. The van der Waals surface area contributed by atoms with E-state index in [1.54, 1.807) is 0 Å². The zero-order valence-electron chi connectivity index (χ0n) is 11.0. The molecule has 0 heterocycles. The maximum absolute atomic E-state index is 8.70. The summed E-state index contributed by atoms with van der Waals surface area (Å²) < 4.78 is 0. The summed E-state index contributed by atoms with van der Waals surface area (Å²) in [6.45, 7) is 7.62. The van der Waals surface area contributed by atoms with Crippen LogP contribution in [0.25, 0.3) is 0 Å². The van der Waals surface area contributed by atoms with Gasteiger partial charge in [0.1, 0.15) is 0 Å². The Morgan fingerprint density at radius 2 is 1.76 bits per heavy atom. The first kappa shape index (κ1) is 13.7. The van der Waals surface area contributed by atoms with Crippen LogP contribution in [0.5, 0.6) is 0 Å². The predicted octanol–water partition coefficient (Wildman–Crippen LogP) is 3.47. The van der Waals surface area contributed by atoms with E-state index < -0.39 is 0 Å². The third-order valence-electron chi connectivity index (χ3n) is 2.91. The second-order valence-electron chi connectivity index (χ2n) is 5.06. The Bertz CT molecular complexity index is 360. The summed E-state index contributed by atoms with van der Waals surface area (Å²) in [4.78, 5) is 0. The van der Waals surface area contributed by atoms with Gasteiger partial charge in [-0.2, -0.15) is 5.26 Å². The van der Waals surface area contributed by atoms with Crippen LogP contribution in [-0.4, -0.2) is 6.04 Å². The fourth-order valence-electron chi connectivity index (χ4n) is 1.67. The van der Waals surface area contributed by atoms with Gasteiger partial charge in [0.15, 0.2) is 0 Å². The monoisotopic (exact) mass is 230 g/mol. The fourth-order valence-corrected chi connectivity index (χ4v) is 1.67. The molecule has 0 aliphatic heterocycles. The second kappa shape index (κ2) is 7.09. The van der Waals surface area contributed by atoms with Crippen molar-refractivity contribution in [1.82, 2.24) is 5.32 Å². The Morgan fingerprint density at radius 1 is 1.12 bits per heavy atom. The van der Waals surface area contributed by atoms with E-state index in [4.69, 9.17) is 5.26 Å². The molecular weight excluding hydrogens is 208 g/mol. The first-order valence-electron chi connectivity index (χ1n) is 6.34. The van der Waals surface area contributed by atoms with E-state index in [1.165, 1.54) is 18.4 Å². The third-order valence-corrected chi connectivity index (χ3v) is 2.91. The van der Waals surface area contributed by atoms with E-state index in [9.17, 15) is 0 Å². The summed E-state index contributed by atoms with van der Waals surface area (Å²) in [7, 11) is 0. The Morgan fingerprint density at radius 3 is 2.29 bits per heavy atom. The fraction of sp³-hybridized carbons (Fsp3) is 0.533. The van der Waals surface area contributed by atoms with Crippen molar-refractivity contribution in [2.75, 3.05) is 0 Å². The van der Waals surface area contributed by atoms with Crippen molar-refractivity contribution in [2.45, 2.75) is 46.2 Å². The molecule has 2 heteroatoms. The summed E-state index contributed by atoms with van der Waals surface area (Å²) in [5, 5.41) is 12.2. The van der Waals surface area contributed by atoms with Crippen LogP contribution >= 0.6 is 0 Å². The standard InChI is InChI=1S/C15H22N2/c1-12(2)4-5-13(3)17-11-15-8-6-14(10-16)7-9-15/h6-9,12-13,17H,4-5,11H2,1-3H3. The average Bonchev–Trinajstić information content (AvgIpc) is 2.34. The second-order valence-corrected chi connectivity index (χ2v) is 5.06. The van der Waals surface area contributed by atoms with Crippen LogP contribution in [0.15, 0.2) is 24.3 Å². The van der Waals surface area contributed by atoms with Crippen molar-refractivity contribution in [2.24, 2.45) is 5.92 Å². The SMILES string of the molecule is CC(C)CCC(C)NCc1ccc(C#N)cc1. The van der Waals surface area contributed by atoms with Gasteiger partial charge in [-0.15, -0.1) is 0 Å². The van der Waals surface area contributed by atoms with Gasteiger partial charge in [0.05, 0.1) is 11.6 Å². The molecule has 0 amide bonds. The van der Waals surface area contributed by atoms with Crippen molar-refractivity contribution in [3.63, 3.8) is 0 Å². The number of hydrogen-bond acceptors (Lipinski definition) is 2. The molecule has 0 fully saturated rings. The highest BCUT2D eigenvalue weighted by atomic mass is 14.9. The Hall–Kier alpha value is -1.33. The molecule has 17 heavy (non-hydrogen) atoms. The summed E-state index contributed by atoms with van der Waals surface area (Å²) in [6, 6.07) is 10.5. The lowest BCUT2D eigenvalue weighted by molar-refractivity contribution is 0.451. The van der Waals surface area contributed by atoms with Crippen molar-refractivity contribution in [1.29, 1.82) is 5.26 Å². The lowest BCUT2D eigenvalue weighted by Crippen LogP contribution is -2.25. The third kappa shape index (κ3) is 5.51. The molecular formula is C15H22N2. The van der Waals surface area contributed by atoms with Gasteiger partial charge in [-0.05, 0) is 43.4 Å². The summed E-state index contributed by atoms with van der Waals surface area (Å²) in [5.74, 6) is 0.772. The molecule has 0 saturated heterocycles. The Labute approximate surface area is 105 Å². The number of nitriles is 1. The highest BCUT2D eigenvalue weighted by molar-refractivity contribution is 5.31. The maximum atomic E-state index is 8.70. The predicted molar refractivity (Wildman–Crippen MR) is 71.5 cm³/mol. The minimum Gasteiger partial charge on any atom is -0.310 e. The van der Waals surface area contributed by atoms with Crippen LogP contribution in [0.3, 0.4) is 0 Å². The van der Waals surface area contributed by atoms with Gasteiger partial charge in [0, 0.05) is 12.6 Å². The normalized spacial score (nSPS) is 12.4. The minimum atomic E-state index is 0.549. The molecule has 1 atom stereocenters. The number of rotatable bonds is 6. The molecule has 0 saturated carbocycles. The average molecular weight is 230 g/mol. The Kier molecular flexibility index (Phi) is 5.72. The number of benzene rings is 1. The molecule has 0 radical (unpaired) electrons. The summed E-state index contributed by atoms with van der Waals surface area (Å²) in [6.07, 6.45) is 2.48. The first-order chi connectivity index (χ1) is 8.11. The summed E-state index contributed by atoms with van der Waals surface area (Å²) >= 11 is 0. The van der Waals surface area contributed by atoms with Gasteiger partial charge in [-0.3, -0.25) is 0 Å². The first-order valence-corrected chi connectivity index (χ1v) is 6.34. The minimum absolute atomic E-state index is 0.549. The van der Waals surface area contributed by atoms with Crippen molar-refractivity contribution < 1.29 is 0 Å². The molecule has 1 rings (SSSR count). The summed E-state index contributed by atoms with van der Waals surface area (Å²) in [5.41, 5.74) is 1.96. The molecule has 92 valence electrons. The van der Waals surface area contributed by atoms with Crippen LogP contribution < -0.4 is 5.32 Å². The van der Waals surface area contributed by atoms with Crippen LogP contribution in [0.4, 0.5) is 0 Å². The number of nitrogens with zero attached hydrogens (tertiary/aromatic N) is 1. The van der Waals surface area contributed by atoms with Crippen molar-refractivity contribution >= 4 is 0 Å². The molecule has 0 spiro atoms. The van der Waals surface area contributed by atoms with Crippen molar-refractivity contribution in [3.8, 4) is 6.07 Å². The molecule has 0 bridgehead atoms.